The quantitative estimate of drug-likeness (QED) is 0.692. The molecule has 0 radical (unpaired) electrons. The third-order valence-electron chi connectivity index (χ3n) is 2.40. The Balaban J connectivity index is 1.98. The molecule has 0 aliphatic carbocycles. The summed E-state index contributed by atoms with van der Waals surface area (Å²) in [5.41, 5.74) is 1.05. The minimum Gasteiger partial charge on any atom is -0.478 e. The summed E-state index contributed by atoms with van der Waals surface area (Å²) in [5, 5.41) is 14.2. The van der Waals surface area contributed by atoms with Crippen LogP contribution in [-0.2, 0) is 6.54 Å². The summed E-state index contributed by atoms with van der Waals surface area (Å²) < 4.78 is 0. The number of halogens is 1. The van der Waals surface area contributed by atoms with E-state index in [9.17, 15) is 9.59 Å². The monoisotopic (exact) mass is 294 g/mol. The molecule has 2 aromatic rings. The van der Waals surface area contributed by atoms with Crippen LogP contribution in [0.25, 0.3) is 0 Å². The highest BCUT2D eigenvalue weighted by molar-refractivity contribution is 6.31. The molecule has 2 rings (SSSR count). The molecule has 0 saturated heterocycles. The number of rotatable bonds is 4. The van der Waals surface area contributed by atoms with Crippen LogP contribution >= 0.6 is 11.6 Å². The maximum atomic E-state index is 11.7. The average Bonchev–Trinajstić information content (AvgIpc) is 2.88. The number of carboxylic acids is 1. The van der Waals surface area contributed by atoms with Crippen molar-refractivity contribution in [3.05, 3.63) is 47.0 Å². The van der Waals surface area contributed by atoms with Gasteiger partial charge in [0.1, 0.15) is 0 Å². The van der Waals surface area contributed by atoms with Gasteiger partial charge in [-0.05, 0) is 18.2 Å². The Hall–Kier alpha value is -2.54. The second kappa shape index (κ2) is 6.07. The van der Waals surface area contributed by atoms with Gasteiger partial charge in [-0.1, -0.05) is 11.6 Å². The van der Waals surface area contributed by atoms with E-state index < -0.39 is 12.0 Å². The number of nitrogens with zero attached hydrogens (tertiary/aromatic N) is 1. The Morgan fingerprint density at radius 3 is 2.80 bits per heavy atom. The van der Waals surface area contributed by atoms with Crippen molar-refractivity contribution < 1.29 is 14.7 Å². The number of anilines is 1. The first kappa shape index (κ1) is 13.9. The summed E-state index contributed by atoms with van der Waals surface area (Å²) in [6, 6.07) is 3.61. The van der Waals surface area contributed by atoms with Gasteiger partial charge in [0.05, 0.1) is 24.1 Å². The Bertz CT molecular complexity index is 628. The zero-order valence-corrected chi connectivity index (χ0v) is 10.9. The van der Waals surface area contributed by atoms with Crippen LogP contribution in [0.5, 0.6) is 0 Å². The fourth-order valence-electron chi connectivity index (χ4n) is 1.52. The van der Waals surface area contributed by atoms with Crippen molar-refractivity contribution in [3.63, 3.8) is 0 Å². The number of aromatic nitrogens is 2. The summed E-state index contributed by atoms with van der Waals surface area (Å²) in [4.78, 5) is 29.2. The second-order valence-corrected chi connectivity index (χ2v) is 4.35. The van der Waals surface area contributed by atoms with E-state index in [2.05, 4.69) is 20.6 Å². The van der Waals surface area contributed by atoms with E-state index in [1.165, 1.54) is 24.5 Å². The predicted molar refractivity (Wildman–Crippen MR) is 72.9 cm³/mol. The van der Waals surface area contributed by atoms with Crippen molar-refractivity contribution in [2.24, 2.45) is 0 Å². The van der Waals surface area contributed by atoms with Crippen LogP contribution in [0, 0.1) is 0 Å². The Morgan fingerprint density at radius 1 is 1.35 bits per heavy atom. The smallest absolute Gasteiger partial charge is 0.335 e. The molecule has 0 unspecified atom stereocenters. The van der Waals surface area contributed by atoms with Crippen molar-refractivity contribution in [2.75, 3.05) is 5.32 Å². The van der Waals surface area contributed by atoms with Crippen molar-refractivity contribution in [1.29, 1.82) is 0 Å². The SMILES string of the molecule is O=C(NCc1cnc[nH]1)Nc1cc(Cl)cc(C(=O)O)c1. The van der Waals surface area contributed by atoms with Gasteiger partial charge < -0.3 is 20.7 Å². The number of urea groups is 1. The number of amides is 2. The summed E-state index contributed by atoms with van der Waals surface area (Å²) in [7, 11) is 0. The van der Waals surface area contributed by atoms with Crippen molar-refractivity contribution in [1.82, 2.24) is 15.3 Å². The van der Waals surface area contributed by atoms with Gasteiger partial charge in [-0.15, -0.1) is 0 Å². The zero-order chi connectivity index (χ0) is 14.5. The molecule has 1 aromatic heterocycles. The Kier molecular flexibility index (Phi) is 4.21. The van der Waals surface area contributed by atoms with Gasteiger partial charge in [0.25, 0.3) is 0 Å². The van der Waals surface area contributed by atoms with E-state index in [1.54, 1.807) is 6.20 Å². The lowest BCUT2D eigenvalue weighted by Crippen LogP contribution is -2.28. The van der Waals surface area contributed by atoms with Crippen molar-refractivity contribution in [2.45, 2.75) is 6.54 Å². The molecule has 4 N–H and O–H groups in total. The van der Waals surface area contributed by atoms with Gasteiger partial charge in [-0.3, -0.25) is 0 Å². The van der Waals surface area contributed by atoms with Gasteiger partial charge in [0.2, 0.25) is 0 Å². The minimum atomic E-state index is -1.12. The lowest BCUT2D eigenvalue weighted by molar-refractivity contribution is 0.0697. The molecule has 7 nitrogen and oxygen atoms in total. The van der Waals surface area contributed by atoms with Crippen LogP contribution in [0.3, 0.4) is 0 Å². The molecule has 0 aliphatic heterocycles. The molecule has 0 spiro atoms. The fourth-order valence-corrected chi connectivity index (χ4v) is 1.75. The number of nitrogens with one attached hydrogen (secondary N) is 3. The lowest BCUT2D eigenvalue weighted by Gasteiger charge is -2.08. The van der Waals surface area contributed by atoms with E-state index in [4.69, 9.17) is 16.7 Å². The molecule has 1 heterocycles. The van der Waals surface area contributed by atoms with Crippen LogP contribution in [-0.4, -0.2) is 27.1 Å². The van der Waals surface area contributed by atoms with Gasteiger partial charge in [-0.2, -0.15) is 0 Å². The van der Waals surface area contributed by atoms with E-state index in [1.807, 2.05) is 0 Å². The highest BCUT2D eigenvalue weighted by Gasteiger charge is 2.08. The Morgan fingerprint density at radius 2 is 2.15 bits per heavy atom. The van der Waals surface area contributed by atoms with Gasteiger partial charge in [0, 0.05) is 16.9 Å². The van der Waals surface area contributed by atoms with E-state index >= 15 is 0 Å². The minimum absolute atomic E-state index is 0.00127. The molecule has 0 bridgehead atoms. The lowest BCUT2D eigenvalue weighted by atomic mass is 10.2. The molecule has 0 fully saturated rings. The fraction of sp³-hybridized carbons (Fsp3) is 0.0833. The highest BCUT2D eigenvalue weighted by Crippen LogP contribution is 2.19. The van der Waals surface area contributed by atoms with Crippen molar-refractivity contribution >= 4 is 29.3 Å². The van der Waals surface area contributed by atoms with Gasteiger partial charge in [0.15, 0.2) is 0 Å². The standard InChI is InChI=1S/C12H11ClN4O3/c13-8-1-7(11(18)19)2-9(3-8)17-12(20)15-5-10-4-14-6-16-10/h1-4,6H,5H2,(H,14,16)(H,18,19)(H2,15,17,20). The average molecular weight is 295 g/mol. The van der Waals surface area contributed by atoms with Gasteiger partial charge in [-0.25, -0.2) is 14.6 Å². The van der Waals surface area contributed by atoms with Crippen molar-refractivity contribution in [3.8, 4) is 0 Å². The second-order valence-electron chi connectivity index (χ2n) is 3.92. The largest absolute Gasteiger partial charge is 0.478 e. The number of carbonyl (C=O) groups excluding carboxylic acids is 1. The van der Waals surface area contributed by atoms with E-state index in [-0.39, 0.29) is 17.1 Å². The summed E-state index contributed by atoms with van der Waals surface area (Å²) in [6.45, 7) is 0.276. The molecule has 0 atom stereocenters. The number of hydrogen-bond acceptors (Lipinski definition) is 3. The number of aromatic carboxylic acids is 1. The summed E-state index contributed by atoms with van der Waals surface area (Å²) >= 11 is 5.79. The maximum Gasteiger partial charge on any atom is 0.335 e. The predicted octanol–water partition coefficient (Wildman–Crippen LogP) is 2.08. The first-order chi connectivity index (χ1) is 9.54. The highest BCUT2D eigenvalue weighted by atomic mass is 35.5. The molecule has 1 aromatic carbocycles. The Labute approximate surface area is 119 Å². The number of carbonyl (C=O) groups is 2. The topological polar surface area (TPSA) is 107 Å². The summed E-state index contributed by atoms with van der Waals surface area (Å²) in [5.74, 6) is -1.12. The number of hydrogen-bond donors (Lipinski definition) is 4. The number of carboxylic acid groups (broad SMARTS) is 1. The first-order valence-corrected chi connectivity index (χ1v) is 5.98. The van der Waals surface area contributed by atoms with Crippen LogP contribution in [0.4, 0.5) is 10.5 Å². The number of imidazole rings is 1. The van der Waals surface area contributed by atoms with E-state index in [0.29, 0.717) is 5.69 Å². The molecule has 8 heteroatoms. The molecule has 20 heavy (non-hydrogen) atoms. The maximum absolute atomic E-state index is 11.7. The molecule has 104 valence electrons. The van der Waals surface area contributed by atoms with Crippen LogP contribution in [0.2, 0.25) is 5.02 Å². The third kappa shape index (κ3) is 3.72. The molecular weight excluding hydrogens is 284 g/mol. The van der Waals surface area contributed by atoms with Crippen LogP contribution < -0.4 is 10.6 Å². The number of benzene rings is 1. The number of H-pyrrole nitrogens is 1. The normalized spacial score (nSPS) is 10.1. The van der Waals surface area contributed by atoms with Crippen LogP contribution in [0.1, 0.15) is 16.1 Å². The molecular formula is C12H11ClN4O3. The third-order valence-corrected chi connectivity index (χ3v) is 2.62. The molecule has 2 amide bonds. The first-order valence-electron chi connectivity index (χ1n) is 5.60. The van der Waals surface area contributed by atoms with Crippen LogP contribution in [0.15, 0.2) is 30.7 Å². The van der Waals surface area contributed by atoms with E-state index in [0.717, 1.165) is 5.69 Å². The molecule has 0 saturated carbocycles. The van der Waals surface area contributed by atoms with Gasteiger partial charge >= 0.3 is 12.0 Å². The zero-order valence-electron chi connectivity index (χ0n) is 10.2. The number of aromatic amines is 1. The summed E-state index contributed by atoms with van der Waals surface area (Å²) in [6.07, 6.45) is 3.09. The molecule has 0 aliphatic rings.